The van der Waals surface area contributed by atoms with Crippen LogP contribution < -0.4 is 10.7 Å². The number of hydrazone groups is 1. The lowest BCUT2D eigenvalue weighted by Crippen LogP contribution is -2.32. The highest BCUT2D eigenvalue weighted by Gasteiger charge is 2.14. The van der Waals surface area contributed by atoms with E-state index in [4.69, 9.17) is 0 Å². The van der Waals surface area contributed by atoms with E-state index in [0.29, 0.717) is 5.56 Å². The fraction of sp³-hybridized carbons (Fsp3) is 0. The maximum Gasteiger partial charge on any atom is 0.287 e. The highest BCUT2D eigenvalue weighted by Crippen LogP contribution is 2.07. The number of amides is 2. The van der Waals surface area contributed by atoms with E-state index in [1.54, 1.807) is 30.3 Å². The van der Waals surface area contributed by atoms with Gasteiger partial charge >= 0.3 is 0 Å². The predicted octanol–water partition coefficient (Wildman–Crippen LogP) is 3.61. The van der Waals surface area contributed by atoms with E-state index in [-0.39, 0.29) is 11.6 Å². The zero-order valence-corrected chi connectivity index (χ0v) is 15.1. The maximum absolute atomic E-state index is 12.6. The van der Waals surface area contributed by atoms with Gasteiger partial charge in [0.2, 0.25) is 0 Å². The van der Waals surface area contributed by atoms with Crippen LogP contribution in [0.25, 0.3) is 6.08 Å². The molecule has 3 aromatic rings. The normalized spacial score (nSPS) is 11.2. The first-order valence-corrected chi connectivity index (χ1v) is 8.74. The van der Waals surface area contributed by atoms with E-state index in [1.165, 1.54) is 6.21 Å². The Bertz CT molecular complexity index is 982. The molecule has 0 heterocycles. The number of benzene rings is 3. The molecule has 0 bridgehead atoms. The fourth-order valence-corrected chi connectivity index (χ4v) is 2.42. The molecule has 0 saturated heterocycles. The number of carbonyl (C=O) groups is 2. The summed E-state index contributed by atoms with van der Waals surface area (Å²) < 4.78 is 0. The van der Waals surface area contributed by atoms with Gasteiger partial charge in [-0.15, -0.1) is 0 Å². The third-order valence-corrected chi connectivity index (χ3v) is 3.82. The summed E-state index contributed by atoms with van der Waals surface area (Å²) in [5.74, 6) is -0.884. The number of hydrogen-bond acceptors (Lipinski definition) is 3. The highest BCUT2D eigenvalue weighted by molar-refractivity contribution is 6.05. The van der Waals surface area contributed by atoms with Gasteiger partial charge in [-0.1, -0.05) is 78.9 Å². The molecule has 0 fully saturated rings. The van der Waals surface area contributed by atoms with E-state index >= 15 is 0 Å². The van der Waals surface area contributed by atoms with Gasteiger partial charge in [-0.3, -0.25) is 9.59 Å². The molecule has 3 aromatic carbocycles. The largest absolute Gasteiger partial charge is 0.317 e. The topological polar surface area (TPSA) is 70.6 Å². The standard InChI is InChI=1S/C23H19N3O2/c27-22(20-14-8-3-9-15-20)25-21(16-18-10-4-1-5-11-18)23(28)26-24-17-19-12-6-2-7-13-19/h1-17H,(H,25,27)(H,26,28)/b21-16-,24-17+. The molecule has 2 amide bonds. The van der Waals surface area contributed by atoms with Gasteiger partial charge in [-0.05, 0) is 29.3 Å². The van der Waals surface area contributed by atoms with E-state index in [1.807, 2.05) is 66.7 Å². The van der Waals surface area contributed by atoms with Gasteiger partial charge < -0.3 is 5.32 Å². The van der Waals surface area contributed by atoms with Crippen molar-refractivity contribution in [2.75, 3.05) is 0 Å². The average molecular weight is 369 g/mol. The Morgan fingerprint density at radius 3 is 1.86 bits per heavy atom. The molecule has 0 aromatic heterocycles. The third kappa shape index (κ3) is 5.51. The summed E-state index contributed by atoms with van der Waals surface area (Å²) in [5.41, 5.74) is 4.65. The third-order valence-electron chi connectivity index (χ3n) is 3.82. The van der Waals surface area contributed by atoms with Crippen LogP contribution in [0.15, 0.2) is 102 Å². The minimum Gasteiger partial charge on any atom is -0.317 e. The maximum atomic E-state index is 12.6. The lowest BCUT2D eigenvalue weighted by atomic mass is 10.1. The Morgan fingerprint density at radius 2 is 1.25 bits per heavy atom. The summed E-state index contributed by atoms with van der Waals surface area (Å²) >= 11 is 0. The van der Waals surface area contributed by atoms with E-state index in [9.17, 15) is 9.59 Å². The van der Waals surface area contributed by atoms with Crippen LogP contribution in [-0.2, 0) is 4.79 Å². The first kappa shape index (κ1) is 18.8. The van der Waals surface area contributed by atoms with Crippen molar-refractivity contribution in [1.29, 1.82) is 0 Å². The molecule has 0 aliphatic carbocycles. The Hall–Kier alpha value is -3.99. The summed E-state index contributed by atoms with van der Waals surface area (Å²) in [7, 11) is 0. The minimum atomic E-state index is -0.514. The van der Waals surface area contributed by atoms with Crippen molar-refractivity contribution in [3.8, 4) is 0 Å². The average Bonchev–Trinajstić information content (AvgIpc) is 2.75. The molecule has 0 radical (unpaired) electrons. The SMILES string of the molecule is O=C(N/N=C/c1ccccc1)/C(=C/c1ccccc1)NC(=O)c1ccccc1. The van der Waals surface area contributed by atoms with Crippen LogP contribution in [0.2, 0.25) is 0 Å². The van der Waals surface area contributed by atoms with Crippen molar-refractivity contribution in [2.24, 2.45) is 5.10 Å². The Kier molecular flexibility index (Phi) is 6.47. The van der Waals surface area contributed by atoms with Crippen molar-refractivity contribution >= 4 is 24.1 Å². The monoisotopic (exact) mass is 369 g/mol. The number of nitrogens with zero attached hydrogens (tertiary/aromatic N) is 1. The van der Waals surface area contributed by atoms with Gasteiger partial charge in [0.1, 0.15) is 5.70 Å². The lowest BCUT2D eigenvalue weighted by Gasteiger charge is -2.09. The van der Waals surface area contributed by atoms with E-state index in [0.717, 1.165) is 11.1 Å². The van der Waals surface area contributed by atoms with Crippen LogP contribution in [0.5, 0.6) is 0 Å². The molecular formula is C23H19N3O2. The molecular weight excluding hydrogens is 350 g/mol. The van der Waals surface area contributed by atoms with Gasteiger partial charge in [-0.2, -0.15) is 5.10 Å². The second-order valence-corrected chi connectivity index (χ2v) is 5.90. The summed E-state index contributed by atoms with van der Waals surface area (Å²) in [5, 5.41) is 6.63. The number of carbonyl (C=O) groups excluding carboxylic acids is 2. The highest BCUT2D eigenvalue weighted by atomic mass is 16.2. The summed E-state index contributed by atoms with van der Waals surface area (Å²) in [6.45, 7) is 0. The van der Waals surface area contributed by atoms with Crippen molar-refractivity contribution in [3.63, 3.8) is 0 Å². The molecule has 5 heteroatoms. The van der Waals surface area contributed by atoms with Crippen LogP contribution in [0, 0.1) is 0 Å². The molecule has 0 spiro atoms. The summed E-state index contributed by atoms with van der Waals surface area (Å²) in [4.78, 5) is 25.1. The Morgan fingerprint density at radius 1 is 0.714 bits per heavy atom. The second kappa shape index (κ2) is 9.64. The Labute approximate surface area is 163 Å². The smallest absolute Gasteiger partial charge is 0.287 e. The second-order valence-electron chi connectivity index (χ2n) is 5.90. The minimum absolute atomic E-state index is 0.102. The Balaban J connectivity index is 1.77. The summed E-state index contributed by atoms with van der Waals surface area (Å²) in [6.07, 6.45) is 3.14. The summed E-state index contributed by atoms with van der Waals surface area (Å²) in [6, 6.07) is 27.4. The fourth-order valence-electron chi connectivity index (χ4n) is 2.42. The first-order valence-electron chi connectivity index (χ1n) is 8.74. The molecule has 0 atom stereocenters. The van der Waals surface area contributed by atoms with Crippen LogP contribution in [0.3, 0.4) is 0 Å². The quantitative estimate of drug-likeness (QED) is 0.396. The van der Waals surface area contributed by atoms with Gasteiger partial charge in [0.15, 0.2) is 0 Å². The molecule has 28 heavy (non-hydrogen) atoms. The van der Waals surface area contributed by atoms with Gasteiger partial charge in [0.25, 0.3) is 11.8 Å². The molecule has 0 aliphatic heterocycles. The van der Waals surface area contributed by atoms with E-state index in [2.05, 4.69) is 15.8 Å². The van der Waals surface area contributed by atoms with Crippen LogP contribution in [-0.4, -0.2) is 18.0 Å². The molecule has 5 nitrogen and oxygen atoms in total. The van der Waals surface area contributed by atoms with Crippen LogP contribution >= 0.6 is 0 Å². The zero-order chi connectivity index (χ0) is 19.6. The zero-order valence-electron chi connectivity index (χ0n) is 15.1. The lowest BCUT2D eigenvalue weighted by molar-refractivity contribution is -0.117. The molecule has 0 saturated carbocycles. The number of rotatable bonds is 6. The van der Waals surface area contributed by atoms with Crippen molar-refractivity contribution < 1.29 is 9.59 Å². The molecule has 3 rings (SSSR count). The number of nitrogens with one attached hydrogen (secondary N) is 2. The van der Waals surface area contributed by atoms with E-state index < -0.39 is 5.91 Å². The molecule has 0 unspecified atom stereocenters. The number of hydrogen-bond donors (Lipinski definition) is 2. The van der Waals surface area contributed by atoms with Crippen LogP contribution in [0.4, 0.5) is 0 Å². The van der Waals surface area contributed by atoms with Gasteiger partial charge in [0.05, 0.1) is 6.21 Å². The molecule has 138 valence electrons. The first-order chi connectivity index (χ1) is 13.7. The molecule has 2 N–H and O–H groups in total. The van der Waals surface area contributed by atoms with Crippen molar-refractivity contribution in [2.45, 2.75) is 0 Å². The van der Waals surface area contributed by atoms with Gasteiger partial charge in [-0.25, -0.2) is 5.43 Å². The van der Waals surface area contributed by atoms with Crippen LogP contribution in [0.1, 0.15) is 21.5 Å². The van der Waals surface area contributed by atoms with Gasteiger partial charge in [0, 0.05) is 5.56 Å². The predicted molar refractivity (Wildman–Crippen MR) is 111 cm³/mol. The van der Waals surface area contributed by atoms with Crippen molar-refractivity contribution in [1.82, 2.24) is 10.7 Å². The molecule has 0 aliphatic rings. The van der Waals surface area contributed by atoms with Crippen molar-refractivity contribution in [3.05, 3.63) is 113 Å².